The average molecular weight is 406 g/mol. The van der Waals surface area contributed by atoms with Gasteiger partial charge in [-0.3, -0.25) is 4.79 Å². The van der Waals surface area contributed by atoms with Crippen molar-refractivity contribution >= 4 is 5.91 Å². The van der Waals surface area contributed by atoms with Gasteiger partial charge in [0.1, 0.15) is 11.6 Å². The molecule has 2 aliphatic heterocycles. The van der Waals surface area contributed by atoms with Crippen LogP contribution in [0.1, 0.15) is 32.1 Å². The van der Waals surface area contributed by atoms with Crippen molar-refractivity contribution < 1.29 is 27.5 Å². The second kappa shape index (κ2) is 8.20. The first kappa shape index (κ1) is 20.0. The van der Waals surface area contributed by atoms with Gasteiger partial charge in [-0.05, 0) is 19.1 Å². The molecule has 1 unspecified atom stereocenters. The molecule has 0 bridgehead atoms. The van der Waals surface area contributed by atoms with Gasteiger partial charge in [0, 0.05) is 58.1 Å². The van der Waals surface area contributed by atoms with Crippen LogP contribution >= 0.6 is 0 Å². The molecule has 4 rings (SSSR count). The van der Waals surface area contributed by atoms with E-state index in [0.717, 1.165) is 25.0 Å². The number of amides is 1. The van der Waals surface area contributed by atoms with Gasteiger partial charge in [-0.15, -0.1) is 0 Å². The molecule has 1 aromatic heterocycles. The summed E-state index contributed by atoms with van der Waals surface area (Å²) in [5.41, 5.74) is -0.179. The zero-order valence-corrected chi connectivity index (χ0v) is 16.3. The third-order valence-electron chi connectivity index (χ3n) is 5.47. The molecule has 0 aliphatic carbocycles. The van der Waals surface area contributed by atoms with Gasteiger partial charge in [-0.1, -0.05) is 0 Å². The zero-order valence-electron chi connectivity index (χ0n) is 16.3. The Morgan fingerprint density at radius 2 is 2.10 bits per heavy atom. The minimum atomic E-state index is -0.715. The van der Waals surface area contributed by atoms with Gasteiger partial charge in [0.05, 0.1) is 23.5 Å². The number of hydrogen-bond acceptors (Lipinski definition) is 5. The number of carbonyl (C=O) groups excluding carboxylic acids is 1. The summed E-state index contributed by atoms with van der Waals surface area (Å²) in [5, 5.41) is 0. The van der Waals surface area contributed by atoms with Gasteiger partial charge in [0.2, 0.25) is 5.91 Å². The van der Waals surface area contributed by atoms with Crippen LogP contribution in [-0.2, 0) is 20.7 Å². The number of aromatic nitrogens is 1. The topological polar surface area (TPSA) is 64.8 Å². The fraction of sp³-hybridized carbons (Fsp3) is 0.524. The Bertz CT molecular complexity index is 879. The van der Waals surface area contributed by atoms with E-state index in [1.54, 1.807) is 0 Å². The van der Waals surface area contributed by atoms with E-state index in [1.165, 1.54) is 12.3 Å². The van der Waals surface area contributed by atoms with Crippen LogP contribution in [0.3, 0.4) is 0 Å². The van der Waals surface area contributed by atoms with Crippen molar-refractivity contribution in [2.45, 2.75) is 44.3 Å². The van der Waals surface area contributed by atoms with E-state index in [1.807, 2.05) is 11.8 Å². The quantitative estimate of drug-likeness (QED) is 0.779. The Morgan fingerprint density at radius 1 is 1.31 bits per heavy atom. The molecule has 2 aliphatic rings. The SMILES string of the molecule is CC1CN(C(=O)CCc2ncc(-c3ccc(F)cc3F)o2)CC2(CCOCC2)O1. The number of carbonyl (C=O) groups is 1. The standard InChI is InChI=1S/C21H24F2N2O4/c1-14-12-25(13-21(29-14)6-8-27-9-7-21)20(26)5-4-19-24-11-18(28-19)16-3-2-15(22)10-17(16)23/h2-3,10-11,14H,4-9,12-13H2,1H3. The molecule has 8 heteroatoms. The Kier molecular flexibility index (Phi) is 5.65. The molecule has 2 aromatic rings. The second-order valence-electron chi connectivity index (χ2n) is 7.74. The van der Waals surface area contributed by atoms with Crippen LogP contribution in [0.4, 0.5) is 8.78 Å². The molecule has 0 N–H and O–H groups in total. The van der Waals surface area contributed by atoms with Crippen LogP contribution in [-0.4, -0.2) is 53.8 Å². The summed E-state index contributed by atoms with van der Waals surface area (Å²) in [6, 6.07) is 3.27. The van der Waals surface area contributed by atoms with Crippen molar-refractivity contribution in [1.82, 2.24) is 9.88 Å². The zero-order chi connectivity index (χ0) is 20.4. The van der Waals surface area contributed by atoms with Gasteiger partial charge < -0.3 is 18.8 Å². The Balaban J connectivity index is 1.38. The van der Waals surface area contributed by atoms with Crippen LogP contribution in [0.25, 0.3) is 11.3 Å². The average Bonchev–Trinajstić information content (AvgIpc) is 3.14. The smallest absolute Gasteiger partial charge is 0.223 e. The first-order chi connectivity index (χ1) is 13.9. The highest BCUT2D eigenvalue weighted by molar-refractivity contribution is 5.76. The fourth-order valence-electron chi connectivity index (χ4n) is 4.05. The molecule has 1 spiro atoms. The van der Waals surface area contributed by atoms with Crippen LogP contribution in [0.5, 0.6) is 0 Å². The second-order valence-corrected chi connectivity index (χ2v) is 7.74. The monoisotopic (exact) mass is 406 g/mol. The van der Waals surface area contributed by atoms with Crippen molar-refractivity contribution in [3.05, 3.63) is 41.9 Å². The molecule has 3 heterocycles. The number of morpholine rings is 1. The van der Waals surface area contributed by atoms with E-state index in [9.17, 15) is 13.6 Å². The van der Waals surface area contributed by atoms with Crippen molar-refractivity contribution in [2.24, 2.45) is 0 Å². The van der Waals surface area contributed by atoms with Crippen molar-refractivity contribution in [3.8, 4) is 11.3 Å². The van der Waals surface area contributed by atoms with Gasteiger partial charge >= 0.3 is 0 Å². The number of halogens is 2. The predicted octanol–water partition coefficient (Wildman–Crippen LogP) is 3.35. The Hall–Kier alpha value is -2.32. The lowest BCUT2D eigenvalue weighted by molar-refractivity contribution is -0.189. The number of aryl methyl sites for hydroxylation is 1. The highest BCUT2D eigenvalue weighted by atomic mass is 19.1. The highest BCUT2D eigenvalue weighted by Crippen LogP contribution is 2.32. The lowest BCUT2D eigenvalue weighted by Crippen LogP contribution is -2.58. The maximum Gasteiger partial charge on any atom is 0.223 e. The number of rotatable bonds is 4. The third-order valence-corrected chi connectivity index (χ3v) is 5.47. The highest BCUT2D eigenvalue weighted by Gasteiger charge is 2.42. The Morgan fingerprint density at radius 3 is 2.86 bits per heavy atom. The molecular weight excluding hydrogens is 382 g/mol. The first-order valence-corrected chi connectivity index (χ1v) is 9.88. The van der Waals surface area contributed by atoms with E-state index in [-0.39, 0.29) is 35.4 Å². The number of benzene rings is 1. The van der Waals surface area contributed by atoms with E-state index in [2.05, 4.69) is 4.98 Å². The normalized spacial score (nSPS) is 21.5. The first-order valence-electron chi connectivity index (χ1n) is 9.88. The molecule has 0 saturated carbocycles. The molecular formula is C21H24F2N2O4. The summed E-state index contributed by atoms with van der Waals surface area (Å²) in [7, 11) is 0. The minimum absolute atomic E-state index is 0.0127. The number of ether oxygens (including phenoxy) is 2. The largest absolute Gasteiger partial charge is 0.441 e. The van der Waals surface area contributed by atoms with Gasteiger partial charge in [-0.2, -0.15) is 0 Å². The molecule has 156 valence electrons. The van der Waals surface area contributed by atoms with E-state index < -0.39 is 11.6 Å². The molecule has 2 fully saturated rings. The molecule has 1 atom stereocenters. The van der Waals surface area contributed by atoms with Crippen LogP contribution in [0, 0.1) is 11.6 Å². The fourth-order valence-corrected chi connectivity index (χ4v) is 4.05. The van der Waals surface area contributed by atoms with Crippen molar-refractivity contribution in [3.63, 3.8) is 0 Å². The summed E-state index contributed by atoms with van der Waals surface area (Å²) in [6.45, 7) is 4.39. The molecule has 29 heavy (non-hydrogen) atoms. The lowest BCUT2D eigenvalue weighted by atomic mass is 9.91. The van der Waals surface area contributed by atoms with Crippen LogP contribution in [0.15, 0.2) is 28.8 Å². The van der Waals surface area contributed by atoms with E-state index in [0.29, 0.717) is 38.6 Å². The maximum atomic E-state index is 13.9. The van der Waals surface area contributed by atoms with Gasteiger partial charge in [-0.25, -0.2) is 13.8 Å². The van der Waals surface area contributed by atoms with E-state index >= 15 is 0 Å². The van der Waals surface area contributed by atoms with Gasteiger partial charge in [0.25, 0.3) is 0 Å². The number of oxazole rings is 1. The Labute approximate surface area is 167 Å². The molecule has 1 aromatic carbocycles. The molecule has 0 radical (unpaired) electrons. The minimum Gasteiger partial charge on any atom is -0.441 e. The lowest BCUT2D eigenvalue weighted by Gasteiger charge is -2.47. The maximum absolute atomic E-state index is 13.9. The predicted molar refractivity (Wildman–Crippen MR) is 100 cm³/mol. The summed E-state index contributed by atoms with van der Waals surface area (Å²) >= 11 is 0. The summed E-state index contributed by atoms with van der Waals surface area (Å²) in [5.74, 6) is -0.796. The summed E-state index contributed by atoms with van der Waals surface area (Å²) in [6.07, 6.45) is 3.49. The van der Waals surface area contributed by atoms with Gasteiger partial charge in [0.15, 0.2) is 11.7 Å². The van der Waals surface area contributed by atoms with Crippen molar-refractivity contribution in [1.29, 1.82) is 0 Å². The van der Waals surface area contributed by atoms with Crippen molar-refractivity contribution in [2.75, 3.05) is 26.3 Å². The molecule has 1 amide bonds. The number of nitrogens with zero attached hydrogens (tertiary/aromatic N) is 2. The molecule has 6 nitrogen and oxygen atoms in total. The number of hydrogen-bond donors (Lipinski definition) is 0. The third kappa shape index (κ3) is 4.48. The van der Waals surface area contributed by atoms with Crippen LogP contribution < -0.4 is 0 Å². The van der Waals surface area contributed by atoms with Crippen LogP contribution in [0.2, 0.25) is 0 Å². The summed E-state index contributed by atoms with van der Waals surface area (Å²) < 4.78 is 44.1. The van der Waals surface area contributed by atoms with E-state index in [4.69, 9.17) is 13.9 Å². The summed E-state index contributed by atoms with van der Waals surface area (Å²) in [4.78, 5) is 18.8. The molecule has 2 saturated heterocycles.